The molecule has 1 unspecified atom stereocenters. The minimum absolute atomic E-state index is 0.0712. The summed E-state index contributed by atoms with van der Waals surface area (Å²) in [6.07, 6.45) is 1.06. The van der Waals surface area contributed by atoms with Crippen molar-refractivity contribution in [3.63, 3.8) is 0 Å². The summed E-state index contributed by atoms with van der Waals surface area (Å²) in [5.74, 6) is 1.35. The molecule has 0 saturated carbocycles. The van der Waals surface area contributed by atoms with Crippen LogP contribution in [0, 0.1) is 11.3 Å². The first-order chi connectivity index (χ1) is 14.2. The maximum atomic E-state index is 13.0. The van der Waals surface area contributed by atoms with Gasteiger partial charge in [-0.15, -0.1) is 0 Å². The van der Waals surface area contributed by atoms with E-state index in [9.17, 15) is 13.2 Å². The number of nitrogens with two attached hydrogens (primary N) is 1. The molecule has 3 aromatic heterocycles. The summed E-state index contributed by atoms with van der Waals surface area (Å²) in [6.45, 7) is 2.84. The Hall–Kier alpha value is -3.57. The quantitative estimate of drug-likeness (QED) is 0.499. The normalized spacial score (nSPS) is 17.7. The number of halogens is 3. The van der Waals surface area contributed by atoms with Gasteiger partial charge in [0, 0.05) is 31.4 Å². The monoisotopic (exact) mass is 417 g/mol. The predicted octanol–water partition coefficient (Wildman–Crippen LogP) is 2.39. The van der Waals surface area contributed by atoms with Crippen molar-refractivity contribution in [1.82, 2.24) is 24.3 Å². The topological polar surface area (TPSA) is 121 Å². The van der Waals surface area contributed by atoms with Gasteiger partial charge in [-0.3, -0.25) is 9.81 Å². The Morgan fingerprint density at radius 1 is 1.27 bits per heavy atom. The highest BCUT2D eigenvalue weighted by Crippen LogP contribution is 2.29. The van der Waals surface area contributed by atoms with Gasteiger partial charge in [0.1, 0.15) is 17.3 Å². The molecule has 1 fully saturated rings. The van der Waals surface area contributed by atoms with Crippen molar-refractivity contribution >= 4 is 23.1 Å². The van der Waals surface area contributed by atoms with Gasteiger partial charge in [-0.1, -0.05) is 0 Å². The largest absolute Gasteiger partial charge is 0.434 e. The highest BCUT2D eigenvalue weighted by Gasteiger charge is 2.33. The van der Waals surface area contributed by atoms with Gasteiger partial charge in [-0.25, -0.2) is 24.9 Å². The van der Waals surface area contributed by atoms with E-state index in [-0.39, 0.29) is 23.2 Å². The highest BCUT2D eigenvalue weighted by molar-refractivity contribution is 5.95. The molecule has 30 heavy (non-hydrogen) atoms. The molecule has 0 radical (unpaired) electrons. The smallest absolute Gasteiger partial charge is 0.387 e. The standard InChI is InChI=1S/C18H18F3N9/c1-10(22)27-16(23)11-3-5-29(8-11)14-2-4-24-17(28-14)12-6-26-15-7-25-13(9-30(12)15)18(19,20)21/h2,4,6-7,9,11H,3,5,8H2,1H3,(H3,22,23,27). The number of anilines is 1. The minimum atomic E-state index is -4.57. The van der Waals surface area contributed by atoms with Crippen LogP contribution in [0.1, 0.15) is 19.0 Å². The lowest BCUT2D eigenvalue weighted by atomic mass is 10.1. The lowest BCUT2D eigenvalue weighted by molar-refractivity contribution is -0.141. The number of hydrogen-bond donors (Lipinski definition) is 2. The van der Waals surface area contributed by atoms with Crippen LogP contribution in [0.3, 0.4) is 0 Å². The zero-order valence-corrected chi connectivity index (χ0v) is 15.9. The van der Waals surface area contributed by atoms with Crippen LogP contribution >= 0.6 is 0 Å². The average molecular weight is 417 g/mol. The van der Waals surface area contributed by atoms with Crippen LogP contribution in [0.15, 0.2) is 35.8 Å². The molecule has 9 nitrogen and oxygen atoms in total. The predicted molar refractivity (Wildman–Crippen MR) is 104 cm³/mol. The van der Waals surface area contributed by atoms with Crippen molar-refractivity contribution in [2.24, 2.45) is 16.6 Å². The van der Waals surface area contributed by atoms with Gasteiger partial charge in [0.25, 0.3) is 0 Å². The summed E-state index contributed by atoms with van der Waals surface area (Å²) in [7, 11) is 0. The molecule has 3 aromatic rings. The van der Waals surface area contributed by atoms with E-state index >= 15 is 0 Å². The van der Waals surface area contributed by atoms with E-state index in [1.165, 1.54) is 10.6 Å². The fourth-order valence-corrected chi connectivity index (χ4v) is 3.32. The van der Waals surface area contributed by atoms with E-state index < -0.39 is 11.9 Å². The van der Waals surface area contributed by atoms with E-state index in [1.807, 2.05) is 4.90 Å². The number of hydrogen-bond acceptors (Lipinski definition) is 6. The van der Waals surface area contributed by atoms with Crippen LogP contribution in [0.5, 0.6) is 0 Å². The minimum Gasteiger partial charge on any atom is -0.387 e. The van der Waals surface area contributed by atoms with Crippen LogP contribution in [0.4, 0.5) is 19.0 Å². The van der Waals surface area contributed by atoms with Crippen LogP contribution in [-0.2, 0) is 6.18 Å². The van der Waals surface area contributed by atoms with E-state index in [2.05, 4.69) is 24.9 Å². The van der Waals surface area contributed by atoms with Crippen molar-refractivity contribution in [3.8, 4) is 11.5 Å². The Balaban J connectivity index is 1.63. The molecule has 1 atom stereocenters. The summed E-state index contributed by atoms with van der Waals surface area (Å²) in [5.41, 5.74) is 5.12. The van der Waals surface area contributed by atoms with Crippen LogP contribution in [-0.4, -0.2) is 49.1 Å². The van der Waals surface area contributed by atoms with Crippen LogP contribution in [0.2, 0.25) is 0 Å². The SMILES string of the molecule is CC(N)=NC(=N)C1CCN(c2ccnc(-c3cnc4cnc(C(F)(F)F)cn34)n2)C1. The third-order valence-electron chi connectivity index (χ3n) is 4.75. The lowest BCUT2D eigenvalue weighted by Gasteiger charge is -2.17. The molecule has 0 aliphatic carbocycles. The number of aromatic nitrogens is 5. The first-order valence-corrected chi connectivity index (χ1v) is 9.10. The maximum absolute atomic E-state index is 13.0. The Morgan fingerprint density at radius 2 is 2.07 bits per heavy atom. The lowest BCUT2D eigenvalue weighted by Crippen LogP contribution is -2.24. The fraction of sp³-hybridized carbons (Fsp3) is 0.333. The van der Waals surface area contributed by atoms with E-state index in [0.29, 0.717) is 30.4 Å². The number of fused-ring (bicyclic) bond motifs is 1. The van der Waals surface area contributed by atoms with Crippen molar-refractivity contribution < 1.29 is 13.2 Å². The van der Waals surface area contributed by atoms with Gasteiger partial charge in [-0.05, 0) is 19.4 Å². The number of nitrogens with one attached hydrogen (secondary N) is 1. The molecule has 1 aliphatic rings. The third kappa shape index (κ3) is 3.80. The molecule has 4 heterocycles. The molecule has 3 N–H and O–H groups in total. The molecule has 156 valence electrons. The molecule has 1 saturated heterocycles. The van der Waals surface area contributed by atoms with Gasteiger partial charge in [0.15, 0.2) is 17.2 Å². The van der Waals surface area contributed by atoms with Crippen LogP contribution < -0.4 is 10.6 Å². The van der Waals surface area contributed by atoms with Crippen molar-refractivity contribution in [3.05, 3.63) is 36.5 Å². The molecule has 12 heteroatoms. The van der Waals surface area contributed by atoms with Crippen molar-refractivity contribution in [2.45, 2.75) is 19.5 Å². The summed E-state index contributed by atoms with van der Waals surface area (Å²) in [4.78, 5) is 22.2. The Bertz CT molecular complexity index is 1130. The summed E-state index contributed by atoms with van der Waals surface area (Å²) < 4.78 is 40.4. The summed E-state index contributed by atoms with van der Waals surface area (Å²) >= 11 is 0. The molecule has 0 bridgehead atoms. The van der Waals surface area contributed by atoms with Gasteiger partial charge >= 0.3 is 6.18 Å². The molecular weight excluding hydrogens is 399 g/mol. The second-order valence-electron chi connectivity index (χ2n) is 6.95. The first-order valence-electron chi connectivity index (χ1n) is 9.10. The number of aliphatic imine (C=N–C) groups is 1. The highest BCUT2D eigenvalue weighted by atomic mass is 19.4. The summed E-state index contributed by atoms with van der Waals surface area (Å²) in [6, 6.07) is 1.72. The number of amidine groups is 2. The average Bonchev–Trinajstić information content (AvgIpc) is 3.34. The maximum Gasteiger partial charge on any atom is 0.434 e. The Morgan fingerprint density at radius 3 is 2.80 bits per heavy atom. The van der Waals surface area contributed by atoms with Gasteiger partial charge in [-0.2, -0.15) is 13.2 Å². The number of rotatable bonds is 3. The third-order valence-corrected chi connectivity index (χ3v) is 4.75. The van der Waals surface area contributed by atoms with Gasteiger partial charge < -0.3 is 10.6 Å². The van der Waals surface area contributed by atoms with Crippen molar-refractivity contribution in [2.75, 3.05) is 18.0 Å². The summed E-state index contributed by atoms with van der Waals surface area (Å²) in [5, 5.41) is 8.05. The molecule has 0 aromatic carbocycles. The van der Waals surface area contributed by atoms with Gasteiger partial charge in [0.05, 0.1) is 18.2 Å². The van der Waals surface area contributed by atoms with E-state index in [4.69, 9.17) is 11.1 Å². The second kappa shape index (κ2) is 7.35. The van der Waals surface area contributed by atoms with E-state index in [0.717, 1.165) is 18.8 Å². The molecule has 1 aliphatic heterocycles. The first kappa shape index (κ1) is 19.7. The fourth-order valence-electron chi connectivity index (χ4n) is 3.32. The Labute approximate surface area is 169 Å². The molecular formula is C18H18F3N9. The number of imidazole rings is 1. The number of alkyl halides is 3. The zero-order valence-electron chi connectivity index (χ0n) is 15.9. The Kier molecular flexibility index (Phi) is 4.84. The molecule has 0 amide bonds. The van der Waals surface area contributed by atoms with Gasteiger partial charge in [0.2, 0.25) is 0 Å². The zero-order chi connectivity index (χ0) is 21.5. The second-order valence-corrected chi connectivity index (χ2v) is 6.95. The number of nitrogens with zero attached hydrogens (tertiary/aromatic N) is 7. The van der Waals surface area contributed by atoms with Crippen LogP contribution in [0.25, 0.3) is 17.2 Å². The molecule has 4 rings (SSSR count). The molecule has 0 spiro atoms. The van der Waals surface area contributed by atoms with E-state index in [1.54, 1.807) is 19.2 Å². The van der Waals surface area contributed by atoms with Crippen molar-refractivity contribution in [1.29, 1.82) is 5.41 Å².